The molecule has 1 amide bonds. The number of aromatic nitrogens is 2. The fourth-order valence-electron chi connectivity index (χ4n) is 2.04. The Balaban J connectivity index is 2.17. The Labute approximate surface area is 122 Å². The molecule has 2 aromatic heterocycles. The SMILES string of the molecule is CNC(=O)c1cc(NC(C)c2sc(C)nc2C)ccn1. The second kappa shape index (κ2) is 6.00. The Bertz CT molecular complexity index is 623. The Kier molecular flexibility index (Phi) is 4.34. The van der Waals surface area contributed by atoms with Crippen molar-refractivity contribution < 1.29 is 4.79 Å². The minimum Gasteiger partial charge on any atom is -0.378 e. The van der Waals surface area contributed by atoms with Gasteiger partial charge in [0.05, 0.1) is 16.7 Å². The summed E-state index contributed by atoms with van der Waals surface area (Å²) in [5, 5.41) is 7.01. The molecule has 2 N–H and O–H groups in total. The molecule has 0 aliphatic carbocycles. The van der Waals surface area contributed by atoms with Gasteiger partial charge in [-0.25, -0.2) is 4.98 Å². The normalized spacial score (nSPS) is 12.0. The number of hydrogen-bond donors (Lipinski definition) is 2. The summed E-state index contributed by atoms with van der Waals surface area (Å²) < 4.78 is 0. The summed E-state index contributed by atoms with van der Waals surface area (Å²) in [6.45, 7) is 6.10. The molecule has 0 aliphatic rings. The minimum absolute atomic E-state index is 0.140. The summed E-state index contributed by atoms with van der Waals surface area (Å²) in [4.78, 5) is 21.3. The van der Waals surface area contributed by atoms with Crippen molar-refractivity contribution in [2.45, 2.75) is 26.8 Å². The molecular formula is C14H18N4OS. The van der Waals surface area contributed by atoms with Gasteiger partial charge in [0.2, 0.25) is 0 Å². The van der Waals surface area contributed by atoms with Gasteiger partial charge in [0.25, 0.3) is 5.91 Å². The highest BCUT2D eigenvalue weighted by molar-refractivity contribution is 7.11. The largest absolute Gasteiger partial charge is 0.378 e. The van der Waals surface area contributed by atoms with Crippen LogP contribution in [0.5, 0.6) is 0 Å². The van der Waals surface area contributed by atoms with Crippen molar-refractivity contribution in [3.63, 3.8) is 0 Å². The molecule has 1 atom stereocenters. The number of carbonyl (C=O) groups is 1. The minimum atomic E-state index is -0.189. The number of amides is 1. The van der Waals surface area contributed by atoms with Gasteiger partial charge < -0.3 is 10.6 Å². The number of aryl methyl sites for hydroxylation is 2. The summed E-state index contributed by atoms with van der Waals surface area (Å²) in [5.74, 6) is -0.189. The van der Waals surface area contributed by atoms with Gasteiger partial charge in [-0.3, -0.25) is 9.78 Å². The van der Waals surface area contributed by atoms with E-state index >= 15 is 0 Å². The molecule has 5 nitrogen and oxygen atoms in total. The molecule has 6 heteroatoms. The lowest BCUT2D eigenvalue weighted by molar-refractivity contribution is 0.0958. The van der Waals surface area contributed by atoms with Crippen molar-refractivity contribution in [1.82, 2.24) is 15.3 Å². The van der Waals surface area contributed by atoms with Crippen LogP contribution in [-0.4, -0.2) is 22.9 Å². The predicted octanol–water partition coefficient (Wildman–Crippen LogP) is 2.69. The Morgan fingerprint density at radius 1 is 1.40 bits per heavy atom. The molecule has 0 aliphatic heterocycles. The van der Waals surface area contributed by atoms with Gasteiger partial charge in [-0.05, 0) is 32.9 Å². The number of nitrogens with zero attached hydrogens (tertiary/aromatic N) is 2. The van der Waals surface area contributed by atoms with Gasteiger partial charge in [-0.15, -0.1) is 11.3 Å². The summed E-state index contributed by atoms with van der Waals surface area (Å²) >= 11 is 1.69. The molecule has 20 heavy (non-hydrogen) atoms. The van der Waals surface area contributed by atoms with Crippen LogP contribution in [0.1, 0.15) is 39.0 Å². The third-order valence-corrected chi connectivity index (χ3v) is 4.19. The maximum absolute atomic E-state index is 11.6. The molecular weight excluding hydrogens is 272 g/mol. The average molecular weight is 290 g/mol. The predicted molar refractivity (Wildman–Crippen MR) is 81.3 cm³/mol. The quantitative estimate of drug-likeness (QED) is 0.908. The van der Waals surface area contributed by atoms with Crippen molar-refractivity contribution in [2.75, 3.05) is 12.4 Å². The zero-order valence-electron chi connectivity index (χ0n) is 12.0. The monoisotopic (exact) mass is 290 g/mol. The maximum atomic E-state index is 11.6. The number of thiazole rings is 1. The van der Waals surface area contributed by atoms with E-state index in [0.29, 0.717) is 5.69 Å². The molecule has 0 aromatic carbocycles. The molecule has 0 saturated heterocycles. The lowest BCUT2D eigenvalue weighted by Crippen LogP contribution is -2.19. The topological polar surface area (TPSA) is 66.9 Å². The van der Waals surface area contributed by atoms with E-state index in [4.69, 9.17) is 0 Å². The van der Waals surface area contributed by atoms with E-state index in [2.05, 4.69) is 27.5 Å². The van der Waals surface area contributed by atoms with Gasteiger partial charge in [0.15, 0.2) is 0 Å². The third-order valence-electron chi connectivity index (χ3n) is 2.94. The molecule has 1 unspecified atom stereocenters. The van der Waals surface area contributed by atoms with Crippen LogP contribution in [-0.2, 0) is 0 Å². The maximum Gasteiger partial charge on any atom is 0.269 e. The lowest BCUT2D eigenvalue weighted by atomic mass is 10.2. The smallest absolute Gasteiger partial charge is 0.269 e. The van der Waals surface area contributed by atoms with Crippen LogP contribution in [0.3, 0.4) is 0 Å². The number of nitrogens with one attached hydrogen (secondary N) is 2. The summed E-state index contributed by atoms with van der Waals surface area (Å²) in [6, 6.07) is 3.74. The van der Waals surface area contributed by atoms with E-state index in [1.165, 1.54) is 4.88 Å². The summed E-state index contributed by atoms with van der Waals surface area (Å²) in [6.07, 6.45) is 1.63. The molecule has 2 heterocycles. The molecule has 106 valence electrons. The molecule has 2 aromatic rings. The first kappa shape index (κ1) is 14.5. The number of rotatable bonds is 4. The zero-order chi connectivity index (χ0) is 14.7. The first-order valence-electron chi connectivity index (χ1n) is 6.40. The van der Waals surface area contributed by atoms with Crippen LogP contribution in [0.25, 0.3) is 0 Å². The van der Waals surface area contributed by atoms with Crippen molar-refractivity contribution in [3.8, 4) is 0 Å². The van der Waals surface area contributed by atoms with Crippen LogP contribution >= 0.6 is 11.3 Å². The number of anilines is 1. The van der Waals surface area contributed by atoms with Crippen LogP contribution in [0.15, 0.2) is 18.3 Å². The summed E-state index contributed by atoms with van der Waals surface area (Å²) in [7, 11) is 1.59. The zero-order valence-corrected chi connectivity index (χ0v) is 12.8. The van der Waals surface area contributed by atoms with Crippen LogP contribution in [0.4, 0.5) is 5.69 Å². The van der Waals surface area contributed by atoms with E-state index in [1.54, 1.807) is 30.6 Å². The van der Waals surface area contributed by atoms with E-state index in [-0.39, 0.29) is 11.9 Å². The van der Waals surface area contributed by atoms with Gasteiger partial charge in [0, 0.05) is 23.8 Å². The molecule has 0 fully saturated rings. The van der Waals surface area contributed by atoms with Crippen molar-refractivity contribution in [2.24, 2.45) is 0 Å². The summed E-state index contributed by atoms with van der Waals surface area (Å²) in [5.41, 5.74) is 2.33. The second-order valence-electron chi connectivity index (χ2n) is 4.56. The number of hydrogen-bond acceptors (Lipinski definition) is 5. The second-order valence-corrected chi connectivity index (χ2v) is 5.79. The van der Waals surface area contributed by atoms with Gasteiger partial charge in [-0.2, -0.15) is 0 Å². The van der Waals surface area contributed by atoms with Crippen LogP contribution in [0, 0.1) is 13.8 Å². The van der Waals surface area contributed by atoms with Gasteiger partial charge in [0.1, 0.15) is 5.69 Å². The van der Waals surface area contributed by atoms with E-state index in [1.807, 2.05) is 19.9 Å². The highest BCUT2D eigenvalue weighted by atomic mass is 32.1. The molecule has 0 radical (unpaired) electrons. The van der Waals surface area contributed by atoms with Gasteiger partial charge >= 0.3 is 0 Å². The Hall–Kier alpha value is -1.95. The Morgan fingerprint density at radius 3 is 2.75 bits per heavy atom. The van der Waals surface area contributed by atoms with E-state index in [0.717, 1.165) is 16.4 Å². The molecule has 0 spiro atoms. The first-order valence-corrected chi connectivity index (χ1v) is 7.21. The third kappa shape index (κ3) is 3.14. The fraction of sp³-hybridized carbons (Fsp3) is 0.357. The van der Waals surface area contributed by atoms with Crippen LogP contribution < -0.4 is 10.6 Å². The molecule has 2 rings (SSSR count). The van der Waals surface area contributed by atoms with E-state index in [9.17, 15) is 4.79 Å². The van der Waals surface area contributed by atoms with Crippen molar-refractivity contribution in [1.29, 1.82) is 0 Å². The Morgan fingerprint density at radius 2 is 2.15 bits per heavy atom. The van der Waals surface area contributed by atoms with Crippen molar-refractivity contribution in [3.05, 3.63) is 39.6 Å². The number of carbonyl (C=O) groups excluding carboxylic acids is 1. The highest BCUT2D eigenvalue weighted by Crippen LogP contribution is 2.27. The molecule has 0 saturated carbocycles. The molecule has 0 bridgehead atoms. The van der Waals surface area contributed by atoms with Gasteiger partial charge in [-0.1, -0.05) is 0 Å². The fourth-order valence-corrected chi connectivity index (χ4v) is 2.97. The first-order chi connectivity index (χ1) is 9.51. The number of pyridine rings is 1. The highest BCUT2D eigenvalue weighted by Gasteiger charge is 2.13. The van der Waals surface area contributed by atoms with Crippen LogP contribution in [0.2, 0.25) is 0 Å². The average Bonchev–Trinajstić information content (AvgIpc) is 2.77. The van der Waals surface area contributed by atoms with Crippen molar-refractivity contribution >= 4 is 22.9 Å². The van der Waals surface area contributed by atoms with E-state index < -0.39 is 0 Å². The lowest BCUT2D eigenvalue weighted by Gasteiger charge is -2.14. The standard InChI is InChI=1S/C14H18N4OS/c1-8-13(20-10(3)17-8)9(2)18-11-5-6-16-12(7-11)14(19)15-4/h5-7,9H,1-4H3,(H,15,19)(H,16,18).